The van der Waals surface area contributed by atoms with Crippen molar-refractivity contribution < 1.29 is 9.59 Å². The first kappa shape index (κ1) is 20.2. The summed E-state index contributed by atoms with van der Waals surface area (Å²) >= 11 is 1.12. The van der Waals surface area contributed by atoms with E-state index in [4.69, 9.17) is 0 Å². The van der Waals surface area contributed by atoms with Crippen LogP contribution in [0, 0.1) is 6.92 Å². The number of hydrogen-bond donors (Lipinski definition) is 1. The Morgan fingerprint density at radius 1 is 1.07 bits per heavy atom. The topological polar surface area (TPSA) is 75.2 Å². The fourth-order valence-corrected chi connectivity index (χ4v) is 4.41. The first-order chi connectivity index (χ1) is 14.6. The summed E-state index contributed by atoms with van der Waals surface area (Å²) in [6.07, 6.45) is 4.18. The molecule has 0 bridgehead atoms. The summed E-state index contributed by atoms with van der Waals surface area (Å²) in [6.45, 7) is 1.94. The minimum absolute atomic E-state index is 0.151. The number of amides is 2. The SMILES string of the molecule is Cc1ccccc1N(C(=O)c1csnn1)C(C(=O)NC1CCCC1)c1ccccc1. The third-order valence-corrected chi connectivity index (χ3v) is 6.00. The molecular weight excluding hydrogens is 396 g/mol. The van der Waals surface area contributed by atoms with Crippen molar-refractivity contribution in [2.45, 2.75) is 44.7 Å². The van der Waals surface area contributed by atoms with Crippen LogP contribution in [-0.2, 0) is 4.79 Å². The van der Waals surface area contributed by atoms with Gasteiger partial charge in [0.25, 0.3) is 5.91 Å². The molecule has 30 heavy (non-hydrogen) atoms. The lowest BCUT2D eigenvalue weighted by molar-refractivity contribution is -0.123. The number of benzene rings is 2. The zero-order valence-electron chi connectivity index (χ0n) is 16.8. The fourth-order valence-electron chi connectivity index (χ4n) is 3.98. The quantitative estimate of drug-likeness (QED) is 0.645. The molecule has 4 rings (SSSR count). The van der Waals surface area contributed by atoms with Crippen LogP contribution in [0.3, 0.4) is 0 Å². The molecule has 1 aliphatic carbocycles. The third-order valence-electron chi connectivity index (χ3n) is 5.50. The Hall–Kier alpha value is -3.06. The highest BCUT2D eigenvalue weighted by atomic mass is 32.1. The molecule has 1 unspecified atom stereocenters. The highest BCUT2D eigenvalue weighted by molar-refractivity contribution is 7.03. The van der Waals surface area contributed by atoms with Gasteiger partial charge in [0.05, 0.1) is 0 Å². The first-order valence-electron chi connectivity index (χ1n) is 10.2. The molecule has 1 fully saturated rings. The first-order valence-corrected chi connectivity index (χ1v) is 11.0. The maximum atomic E-state index is 13.6. The Bertz CT molecular complexity index is 1000. The van der Waals surface area contributed by atoms with Crippen molar-refractivity contribution in [3.05, 3.63) is 76.8 Å². The summed E-state index contributed by atoms with van der Waals surface area (Å²) in [5.41, 5.74) is 2.58. The van der Waals surface area contributed by atoms with Gasteiger partial charge in [-0.05, 0) is 48.5 Å². The van der Waals surface area contributed by atoms with Crippen molar-refractivity contribution in [2.75, 3.05) is 4.90 Å². The number of aromatic nitrogens is 2. The fraction of sp³-hybridized carbons (Fsp3) is 0.304. The molecular formula is C23H24N4O2S. The summed E-state index contributed by atoms with van der Waals surface area (Å²) in [5.74, 6) is -0.513. The minimum atomic E-state index is -0.804. The number of anilines is 1. The summed E-state index contributed by atoms with van der Waals surface area (Å²) in [5, 5.41) is 8.77. The lowest BCUT2D eigenvalue weighted by atomic mass is 10.0. The van der Waals surface area contributed by atoms with Gasteiger partial charge < -0.3 is 5.32 Å². The smallest absolute Gasteiger partial charge is 0.280 e. The minimum Gasteiger partial charge on any atom is -0.351 e. The number of nitrogens with zero attached hydrogens (tertiary/aromatic N) is 3. The molecule has 2 aromatic carbocycles. The molecule has 154 valence electrons. The number of para-hydroxylation sites is 1. The highest BCUT2D eigenvalue weighted by Gasteiger charge is 2.36. The summed E-state index contributed by atoms with van der Waals surface area (Å²) in [4.78, 5) is 28.7. The molecule has 0 radical (unpaired) electrons. The Kier molecular flexibility index (Phi) is 6.18. The van der Waals surface area contributed by atoms with Gasteiger partial charge in [0, 0.05) is 17.1 Å². The van der Waals surface area contributed by atoms with Gasteiger partial charge in [-0.2, -0.15) is 0 Å². The summed E-state index contributed by atoms with van der Waals surface area (Å²) < 4.78 is 3.85. The van der Waals surface area contributed by atoms with Crippen molar-refractivity contribution in [3.63, 3.8) is 0 Å². The van der Waals surface area contributed by atoms with E-state index < -0.39 is 6.04 Å². The van der Waals surface area contributed by atoms with Crippen LogP contribution in [0.5, 0.6) is 0 Å². The van der Waals surface area contributed by atoms with E-state index in [-0.39, 0.29) is 23.6 Å². The number of nitrogens with one attached hydrogen (secondary N) is 1. The van der Waals surface area contributed by atoms with Crippen LogP contribution in [0.4, 0.5) is 5.69 Å². The van der Waals surface area contributed by atoms with Crippen molar-refractivity contribution in [3.8, 4) is 0 Å². The number of hydrogen-bond acceptors (Lipinski definition) is 5. The van der Waals surface area contributed by atoms with Gasteiger partial charge >= 0.3 is 0 Å². The monoisotopic (exact) mass is 420 g/mol. The number of aryl methyl sites for hydroxylation is 1. The molecule has 1 aromatic heterocycles. The molecule has 0 saturated heterocycles. The van der Waals surface area contributed by atoms with Gasteiger partial charge in [0.15, 0.2) is 5.69 Å². The van der Waals surface area contributed by atoms with Crippen LogP contribution in [-0.4, -0.2) is 27.4 Å². The molecule has 0 aliphatic heterocycles. The van der Waals surface area contributed by atoms with E-state index in [9.17, 15) is 9.59 Å². The predicted octanol–water partition coefficient (Wildman–Crippen LogP) is 4.29. The predicted molar refractivity (Wildman–Crippen MR) is 117 cm³/mol. The zero-order chi connectivity index (χ0) is 20.9. The van der Waals surface area contributed by atoms with Crippen molar-refractivity contribution >= 4 is 29.0 Å². The second-order valence-corrected chi connectivity index (χ2v) is 8.16. The molecule has 1 heterocycles. The van der Waals surface area contributed by atoms with Gasteiger partial charge in [-0.15, -0.1) is 5.10 Å². The van der Waals surface area contributed by atoms with Crippen molar-refractivity contribution in [1.82, 2.24) is 14.9 Å². The van der Waals surface area contributed by atoms with Gasteiger partial charge in [-0.3, -0.25) is 14.5 Å². The van der Waals surface area contributed by atoms with Gasteiger partial charge in [-0.25, -0.2) is 0 Å². The van der Waals surface area contributed by atoms with E-state index in [1.54, 1.807) is 10.3 Å². The van der Waals surface area contributed by atoms with E-state index in [0.717, 1.165) is 48.3 Å². The van der Waals surface area contributed by atoms with E-state index in [1.807, 2.05) is 61.5 Å². The van der Waals surface area contributed by atoms with Gasteiger partial charge in [0.1, 0.15) is 6.04 Å². The lowest BCUT2D eigenvalue weighted by Crippen LogP contribution is -2.46. The zero-order valence-corrected chi connectivity index (χ0v) is 17.6. The molecule has 3 aromatic rings. The Morgan fingerprint density at radius 2 is 1.77 bits per heavy atom. The second kappa shape index (κ2) is 9.17. The van der Waals surface area contributed by atoms with Crippen LogP contribution in [0.25, 0.3) is 0 Å². The second-order valence-electron chi connectivity index (χ2n) is 7.55. The van der Waals surface area contributed by atoms with E-state index in [1.165, 1.54) is 0 Å². The third kappa shape index (κ3) is 4.26. The van der Waals surface area contributed by atoms with Crippen molar-refractivity contribution in [2.24, 2.45) is 0 Å². The molecule has 0 spiro atoms. The summed E-state index contributed by atoms with van der Waals surface area (Å²) in [6, 6.07) is 16.4. The standard InChI is InChI=1S/C23H24N4O2S/c1-16-9-5-8-14-20(16)27(23(29)19-15-30-26-25-19)21(17-10-3-2-4-11-17)22(28)24-18-12-6-7-13-18/h2-5,8-11,14-15,18,21H,6-7,12-13H2,1H3,(H,24,28). The molecule has 1 N–H and O–H groups in total. The maximum Gasteiger partial charge on any atom is 0.280 e. The van der Waals surface area contributed by atoms with Crippen LogP contribution in [0.1, 0.15) is 53.3 Å². The normalized spacial score (nSPS) is 15.0. The van der Waals surface area contributed by atoms with E-state index in [2.05, 4.69) is 14.9 Å². The largest absolute Gasteiger partial charge is 0.351 e. The Morgan fingerprint density at radius 3 is 2.43 bits per heavy atom. The van der Waals surface area contributed by atoms with Crippen molar-refractivity contribution in [1.29, 1.82) is 0 Å². The molecule has 1 aliphatic rings. The lowest BCUT2D eigenvalue weighted by Gasteiger charge is -2.32. The van der Waals surface area contributed by atoms with Crippen LogP contribution < -0.4 is 10.2 Å². The van der Waals surface area contributed by atoms with Crippen LogP contribution >= 0.6 is 11.5 Å². The number of carbonyl (C=O) groups is 2. The molecule has 2 amide bonds. The maximum absolute atomic E-state index is 13.6. The average Bonchev–Trinajstić information content (AvgIpc) is 3.47. The molecule has 1 atom stereocenters. The molecule has 1 saturated carbocycles. The average molecular weight is 421 g/mol. The van der Waals surface area contributed by atoms with Crippen LogP contribution in [0.15, 0.2) is 60.0 Å². The Balaban J connectivity index is 1.80. The highest BCUT2D eigenvalue weighted by Crippen LogP contribution is 2.32. The van der Waals surface area contributed by atoms with Crippen LogP contribution in [0.2, 0.25) is 0 Å². The van der Waals surface area contributed by atoms with E-state index in [0.29, 0.717) is 5.69 Å². The Labute approximate surface area is 180 Å². The molecule has 7 heteroatoms. The molecule has 6 nitrogen and oxygen atoms in total. The number of rotatable bonds is 6. The summed E-state index contributed by atoms with van der Waals surface area (Å²) in [7, 11) is 0. The number of carbonyl (C=O) groups excluding carboxylic acids is 2. The van der Waals surface area contributed by atoms with Gasteiger partial charge in [-0.1, -0.05) is 65.9 Å². The van der Waals surface area contributed by atoms with Gasteiger partial charge in [0.2, 0.25) is 5.91 Å². The van der Waals surface area contributed by atoms with E-state index >= 15 is 0 Å².